The number of hydrogen-bond acceptors (Lipinski definition) is 0. The third-order valence-corrected chi connectivity index (χ3v) is 29.0. The maximum absolute atomic E-state index is 2.59. The molecule has 2 aliphatic carbocycles. The summed E-state index contributed by atoms with van der Waals surface area (Å²) in [6.07, 6.45) is 13.6. The molecular formula is C18H28Cl2HfSi. The Hall–Kier alpha value is 0.627. The molecule has 0 amide bonds. The van der Waals surface area contributed by atoms with Crippen LogP contribution in [0.4, 0.5) is 0 Å². The first kappa shape index (κ1) is 22.6. The molecule has 0 bridgehead atoms. The summed E-state index contributed by atoms with van der Waals surface area (Å²) < 4.78 is 3.89. The summed E-state index contributed by atoms with van der Waals surface area (Å²) in [5.74, 6) is 0. The van der Waals surface area contributed by atoms with Crippen molar-refractivity contribution in [1.29, 1.82) is 0 Å². The molecule has 0 atom stereocenters. The maximum Gasteiger partial charge on any atom is -1.00 e. The molecule has 0 N–H and O–H groups in total. The molecule has 0 unspecified atom stereocenters. The summed E-state index contributed by atoms with van der Waals surface area (Å²) in [6.45, 7) is 12.3. The van der Waals surface area contributed by atoms with E-state index < -0.39 is 20.1 Å². The Kier molecular flexibility index (Phi) is 10.8. The number of halogens is 2. The largest absolute Gasteiger partial charge is 1.00 e. The van der Waals surface area contributed by atoms with Crippen LogP contribution in [0.5, 0.6) is 0 Å². The molecule has 0 nitrogen and oxygen atoms in total. The van der Waals surface area contributed by atoms with Crippen LogP contribution in [0.3, 0.4) is 0 Å². The Morgan fingerprint density at radius 3 is 2.05 bits per heavy atom. The van der Waals surface area contributed by atoms with Crippen LogP contribution in [-0.2, 0) is 20.1 Å². The standard InChI is InChI=1S/C11H17.C5H5.C2H6Si.2ClH.Hf/c1-4-9-7-8-10(5-2)11(9)6-3;1-2-4-5-3-1;1-3-2;;;/h4-7H2,1-3H3;1-3H,4H2;1-2H3;2*1H;/q;;;;;+2/p-2. The van der Waals surface area contributed by atoms with E-state index in [2.05, 4.69) is 52.1 Å². The molecule has 4 heteroatoms. The van der Waals surface area contributed by atoms with Crippen LogP contribution in [0.1, 0.15) is 52.9 Å². The van der Waals surface area contributed by atoms with Crippen molar-refractivity contribution in [2.45, 2.75) is 66.0 Å². The summed E-state index contributed by atoms with van der Waals surface area (Å²) in [5, 5.41) is 0. The zero-order valence-corrected chi connectivity index (χ0v) is 20.6. The van der Waals surface area contributed by atoms with Gasteiger partial charge in [0.05, 0.1) is 0 Å². The molecule has 2 aliphatic rings. The predicted octanol–water partition coefficient (Wildman–Crippen LogP) is -0.108. The fourth-order valence-corrected chi connectivity index (χ4v) is 29.0. The van der Waals surface area contributed by atoms with Crippen LogP contribution in [0.2, 0.25) is 13.1 Å². The summed E-state index contributed by atoms with van der Waals surface area (Å²) in [5.41, 5.74) is 5.21. The van der Waals surface area contributed by atoms with Crippen molar-refractivity contribution >= 4 is 5.49 Å². The van der Waals surface area contributed by atoms with Gasteiger partial charge in [-0.3, -0.25) is 0 Å². The van der Waals surface area contributed by atoms with Crippen LogP contribution in [0.15, 0.2) is 41.6 Å². The van der Waals surface area contributed by atoms with Gasteiger partial charge in [-0.25, -0.2) is 0 Å². The second kappa shape index (κ2) is 10.5. The first-order chi connectivity index (χ1) is 9.63. The van der Waals surface area contributed by atoms with E-state index in [1.165, 1.54) is 32.1 Å². The minimum atomic E-state index is -1.71. The van der Waals surface area contributed by atoms with Gasteiger partial charge < -0.3 is 24.8 Å². The average molecular weight is 522 g/mol. The van der Waals surface area contributed by atoms with Crippen LogP contribution in [-0.4, -0.2) is 5.49 Å². The number of hydrogen-bond donors (Lipinski definition) is 0. The fraction of sp³-hybridized carbons (Fsp3) is 0.556. The van der Waals surface area contributed by atoms with Gasteiger partial charge in [0.25, 0.3) is 0 Å². The Morgan fingerprint density at radius 2 is 1.64 bits per heavy atom. The van der Waals surface area contributed by atoms with Crippen LogP contribution in [0.25, 0.3) is 0 Å². The van der Waals surface area contributed by atoms with E-state index in [9.17, 15) is 0 Å². The molecule has 0 aromatic carbocycles. The van der Waals surface area contributed by atoms with Crippen molar-refractivity contribution in [3.63, 3.8) is 0 Å². The molecule has 0 aromatic heterocycles. The topological polar surface area (TPSA) is 0 Å². The second-order valence-electron chi connectivity index (χ2n) is 5.98. The van der Waals surface area contributed by atoms with Gasteiger partial charge in [0.1, 0.15) is 0 Å². The normalized spacial score (nSPS) is 16.1. The summed E-state index contributed by atoms with van der Waals surface area (Å²) in [6, 6.07) is 0. The Bertz CT molecular complexity index is 562. The maximum atomic E-state index is 2.59. The summed E-state index contributed by atoms with van der Waals surface area (Å²) in [4.78, 5) is 0. The Labute approximate surface area is 157 Å². The van der Waals surface area contributed by atoms with Gasteiger partial charge in [-0.1, -0.05) is 0 Å². The van der Waals surface area contributed by atoms with E-state index in [4.69, 9.17) is 0 Å². The fourth-order valence-electron chi connectivity index (χ4n) is 3.74. The van der Waals surface area contributed by atoms with Gasteiger partial charge in [0.15, 0.2) is 0 Å². The molecule has 0 aliphatic heterocycles. The van der Waals surface area contributed by atoms with E-state index in [0.29, 0.717) is 0 Å². The van der Waals surface area contributed by atoms with E-state index in [0.717, 1.165) is 0 Å². The van der Waals surface area contributed by atoms with Crippen molar-refractivity contribution in [1.82, 2.24) is 0 Å². The minimum Gasteiger partial charge on any atom is -1.00 e. The van der Waals surface area contributed by atoms with E-state index >= 15 is 0 Å². The van der Waals surface area contributed by atoms with E-state index in [-0.39, 0.29) is 30.3 Å². The molecule has 22 heavy (non-hydrogen) atoms. The van der Waals surface area contributed by atoms with Crippen LogP contribution >= 0.6 is 0 Å². The smallest absolute Gasteiger partial charge is 1.00 e. The quantitative estimate of drug-likeness (QED) is 0.443. The first-order valence-corrected chi connectivity index (χ1v) is 19.6. The van der Waals surface area contributed by atoms with Gasteiger partial charge in [-0.15, -0.1) is 0 Å². The SMILES string of the molecule is CCC1=C(CC)C(CC)=[C]([Hf+2]([C]2=CC=CC2)=[Si](C)C)C1.[Cl-].[Cl-]. The average Bonchev–Trinajstić information content (AvgIpc) is 3.05. The van der Waals surface area contributed by atoms with Gasteiger partial charge in [-0.2, -0.15) is 0 Å². The molecule has 0 heterocycles. The van der Waals surface area contributed by atoms with E-state index in [1.807, 2.05) is 12.2 Å². The number of rotatable bonds is 5. The summed E-state index contributed by atoms with van der Waals surface area (Å²) >= 11 is -1.71. The van der Waals surface area contributed by atoms with Crippen molar-refractivity contribution in [3.05, 3.63) is 41.6 Å². The molecule has 0 aromatic rings. The van der Waals surface area contributed by atoms with Gasteiger partial charge in [0, 0.05) is 0 Å². The molecule has 122 valence electrons. The first-order valence-electron chi connectivity index (χ1n) is 8.11. The molecule has 0 spiro atoms. The van der Waals surface area contributed by atoms with Crippen molar-refractivity contribution in [2.75, 3.05) is 0 Å². The summed E-state index contributed by atoms with van der Waals surface area (Å²) in [7, 11) is 0. The van der Waals surface area contributed by atoms with Crippen LogP contribution < -0.4 is 24.8 Å². The molecule has 0 fully saturated rings. The molecular weight excluding hydrogens is 494 g/mol. The third kappa shape index (κ3) is 4.59. The molecule has 0 radical (unpaired) electrons. The zero-order valence-electron chi connectivity index (χ0n) is 14.5. The van der Waals surface area contributed by atoms with Gasteiger partial charge in [-0.05, 0) is 0 Å². The van der Waals surface area contributed by atoms with Crippen molar-refractivity contribution < 1.29 is 44.9 Å². The Balaban J connectivity index is 0.00000220. The van der Waals surface area contributed by atoms with Crippen molar-refractivity contribution in [3.8, 4) is 0 Å². The second-order valence-corrected chi connectivity index (χ2v) is 30.0. The predicted molar refractivity (Wildman–Crippen MR) is 88.9 cm³/mol. The zero-order chi connectivity index (χ0) is 14.7. The van der Waals surface area contributed by atoms with Gasteiger partial charge >= 0.3 is 133 Å². The molecule has 0 saturated carbocycles. The Morgan fingerprint density at radius 1 is 1.00 bits per heavy atom. The monoisotopic (exact) mass is 522 g/mol. The third-order valence-electron chi connectivity index (χ3n) is 4.57. The van der Waals surface area contributed by atoms with Gasteiger partial charge in [0.2, 0.25) is 0 Å². The number of allylic oxidation sites excluding steroid dienone is 8. The molecule has 0 saturated heterocycles. The van der Waals surface area contributed by atoms with Crippen LogP contribution in [0, 0.1) is 0 Å². The molecule has 2 rings (SSSR count). The van der Waals surface area contributed by atoms with Crippen molar-refractivity contribution in [2.24, 2.45) is 0 Å². The minimum absolute atomic E-state index is 0. The van der Waals surface area contributed by atoms with E-state index in [1.54, 1.807) is 11.1 Å².